The second-order valence-electron chi connectivity index (χ2n) is 4.11. The summed E-state index contributed by atoms with van der Waals surface area (Å²) in [7, 11) is 2.05. The van der Waals surface area contributed by atoms with Crippen LogP contribution in [0.4, 0.5) is 5.69 Å². The summed E-state index contributed by atoms with van der Waals surface area (Å²) in [6.45, 7) is 2.35. The molecule has 0 amide bonds. The van der Waals surface area contributed by atoms with Crippen molar-refractivity contribution < 1.29 is 5.11 Å². The molecule has 0 fully saturated rings. The number of aliphatic hydroxyl groups is 1. The Hall–Kier alpha value is -0.995. The van der Waals surface area contributed by atoms with Crippen molar-refractivity contribution in [3.8, 4) is 0 Å². The quantitative estimate of drug-likeness (QED) is 0.472. The number of rotatable bonds is 4. The molecule has 0 bridgehead atoms. The predicted molar refractivity (Wildman–Crippen MR) is 66.6 cm³/mol. The molecule has 2 atom stereocenters. The van der Waals surface area contributed by atoms with Crippen LogP contribution in [0.25, 0.3) is 0 Å². The normalized spacial score (nSPS) is 14.9. The van der Waals surface area contributed by atoms with E-state index in [4.69, 9.17) is 11.5 Å². The van der Waals surface area contributed by atoms with Crippen LogP contribution in [0.2, 0.25) is 0 Å². The van der Waals surface area contributed by atoms with Crippen molar-refractivity contribution in [1.82, 2.24) is 0 Å². The molecule has 1 rings (SSSR count). The third-order valence-electron chi connectivity index (χ3n) is 2.63. The van der Waals surface area contributed by atoms with Gasteiger partial charge in [-0.15, -0.1) is 0 Å². The molecule has 0 aliphatic heterocycles. The number of nitrogen functional groups attached to an aromatic ring is 1. The van der Waals surface area contributed by atoms with Gasteiger partial charge in [-0.1, -0.05) is 18.2 Å². The van der Waals surface area contributed by atoms with Crippen LogP contribution in [0.1, 0.15) is 23.9 Å². The Bertz CT molecular complexity index is 328. The first-order valence-electron chi connectivity index (χ1n) is 5.31. The second kappa shape index (κ2) is 5.19. The molecule has 0 saturated carbocycles. The molecule has 5 N–H and O–H groups in total. The number of anilines is 1. The minimum Gasteiger partial charge on any atom is -0.398 e. The zero-order valence-electron chi connectivity index (χ0n) is 9.40. The fourth-order valence-electron chi connectivity index (χ4n) is 1.69. The standard InChI is InChI=1S/C11H19BN2O/c1-7(15)5-8-3-2-4-9(11(8)14)10(12)6-13/h2-4,7,10,15H,5-6,12-14H2,1H3. The van der Waals surface area contributed by atoms with E-state index in [9.17, 15) is 5.11 Å². The van der Waals surface area contributed by atoms with E-state index in [1.54, 1.807) is 6.92 Å². The summed E-state index contributed by atoms with van der Waals surface area (Å²) in [4.78, 5) is 0. The molecule has 3 nitrogen and oxygen atoms in total. The van der Waals surface area contributed by atoms with Crippen LogP contribution < -0.4 is 11.5 Å². The van der Waals surface area contributed by atoms with Crippen molar-refractivity contribution in [2.75, 3.05) is 12.3 Å². The van der Waals surface area contributed by atoms with Gasteiger partial charge in [-0.25, -0.2) is 0 Å². The van der Waals surface area contributed by atoms with Gasteiger partial charge in [0.1, 0.15) is 7.85 Å². The molecule has 4 heteroatoms. The van der Waals surface area contributed by atoms with Crippen molar-refractivity contribution in [2.24, 2.45) is 5.73 Å². The molecule has 2 unspecified atom stereocenters. The van der Waals surface area contributed by atoms with E-state index in [0.717, 1.165) is 16.8 Å². The van der Waals surface area contributed by atoms with Crippen LogP contribution in [-0.2, 0) is 6.42 Å². The number of benzene rings is 1. The summed E-state index contributed by atoms with van der Waals surface area (Å²) < 4.78 is 0. The van der Waals surface area contributed by atoms with Gasteiger partial charge >= 0.3 is 0 Å². The summed E-state index contributed by atoms with van der Waals surface area (Å²) in [5, 5.41) is 9.34. The minimum absolute atomic E-state index is 0.263. The van der Waals surface area contributed by atoms with Gasteiger partial charge in [0.2, 0.25) is 0 Å². The number of aliphatic hydroxyl groups excluding tert-OH is 1. The number of nitrogens with two attached hydrogens (primary N) is 2. The van der Waals surface area contributed by atoms with E-state index in [1.807, 2.05) is 18.2 Å². The topological polar surface area (TPSA) is 72.3 Å². The van der Waals surface area contributed by atoms with Gasteiger partial charge in [0, 0.05) is 12.1 Å². The molecule has 15 heavy (non-hydrogen) atoms. The molecule has 0 aromatic heterocycles. The molecule has 0 radical (unpaired) electrons. The summed E-state index contributed by atoms with van der Waals surface area (Å²) >= 11 is 0. The highest BCUT2D eigenvalue weighted by Gasteiger charge is 2.11. The highest BCUT2D eigenvalue weighted by molar-refractivity contribution is 6.13. The average Bonchev–Trinajstić information content (AvgIpc) is 2.19. The third kappa shape index (κ3) is 2.98. The van der Waals surface area contributed by atoms with Gasteiger partial charge in [-0.05, 0) is 30.4 Å². The van der Waals surface area contributed by atoms with Crippen LogP contribution >= 0.6 is 0 Å². The van der Waals surface area contributed by atoms with E-state index in [1.165, 1.54) is 0 Å². The average molecular weight is 206 g/mol. The summed E-state index contributed by atoms with van der Waals surface area (Å²) in [5.74, 6) is 0.263. The lowest BCUT2D eigenvalue weighted by Crippen LogP contribution is -2.15. The molecule has 0 aliphatic rings. The Labute approximate surface area is 91.9 Å². The van der Waals surface area contributed by atoms with Gasteiger partial charge in [0.05, 0.1) is 6.10 Å². The first-order valence-corrected chi connectivity index (χ1v) is 5.31. The lowest BCUT2D eigenvalue weighted by molar-refractivity contribution is 0.195. The molecule has 82 valence electrons. The maximum Gasteiger partial charge on any atom is 0.112 e. The number of para-hydroxylation sites is 1. The van der Waals surface area contributed by atoms with Gasteiger partial charge in [0.25, 0.3) is 0 Å². The van der Waals surface area contributed by atoms with Crippen molar-refractivity contribution in [3.63, 3.8) is 0 Å². The van der Waals surface area contributed by atoms with Crippen LogP contribution in [0.15, 0.2) is 18.2 Å². The lowest BCUT2D eigenvalue weighted by Gasteiger charge is -2.16. The van der Waals surface area contributed by atoms with Crippen molar-refractivity contribution in [2.45, 2.75) is 25.3 Å². The first-order chi connectivity index (χ1) is 7.06. The smallest absolute Gasteiger partial charge is 0.112 e. The molecule has 0 spiro atoms. The van der Waals surface area contributed by atoms with Crippen molar-refractivity contribution in [1.29, 1.82) is 0 Å². The van der Waals surface area contributed by atoms with Gasteiger partial charge in [-0.2, -0.15) is 0 Å². The van der Waals surface area contributed by atoms with Crippen LogP contribution in [0, 0.1) is 0 Å². The maximum absolute atomic E-state index is 9.34. The van der Waals surface area contributed by atoms with Gasteiger partial charge < -0.3 is 16.6 Å². The lowest BCUT2D eigenvalue weighted by atomic mass is 9.79. The molecule has 0 saturated heterocycles. The number of hydrogen-bond donors (Lipinski definition) is 3. The van der Waals surface area contributed by atoms with E-state index >= 15 is 0 Å². The van der Waals surface area contributed by atoms with E-state index in [2.05, 4.69) is 7.85 Å². The molecule has 1 aromatic carbocycles. The minimum atomic E-state index is -0.365. The first kappa shape index (κ1) is 12.1. The van der Waals surface area contributed by atoms with Gasteiger partial charge in [-0.3, -0.25) is 0 Å². The highest BCUT2D eigenvalue weighted by atomic mass is 16.3. The molecule has 0 aliphatic carbocycles. The SMILES string of the molecule is BC(CN)c1cccc(CC(C)O)c1N. The Balaban J connectivity index is 3.00. The predicted octanol–water partition coefficient (Wildman–Crippen LogP) is -0.175. The monoisotopic (exact) mass is 206 g/mol. The zero-order chi connectivity index (χ0) is 11.4. The van der Waals surface area contributed by atoms with Crippen LogP contribution in [-0.4, -0.2) is 25.6 Å². The van der Waals surface area contributed by atoms with Crippen molar-refractivity contribution in [3.05, 3.63) is 29.3 Å². The largest absolute Gasteiger partial charge is 0.398 e. The Morgan fingerprint density at radius 1 is 1.47 bits per heavy atom. The second-order valence-corrected chi connectivity index (χ2v) is 4.11. The molecular formula is C11H19BN2O. The fraction of sp³-hybridized carbons (Fsp3) is 0.455. The van der Waals surface area contributed by atoms with Crippen molar-refractivity contribution >= 4 is 13.5 Å². The summed E-state index contributed by atoms with van der Waals surface area (Å²) in [6.07, 6.45) is 0.229. The Morgan fingerprint density at radius 2 is 2.13 bits per heavy atom. The van der Waals surface area contributed by atoms with E-state index < -0.39 is 0 Å². The Morgan fingerprint density at radius 3 is 2.67 bits per heavy atom. The summed E-state index contributed by atoms with van der Waals surface area (Å²) in [5.41, 5.74) is 14.5. The molecule has 0 heterocycles. The molecule has 1 aromatic rings. The van der Waals surface area contributed by atoms with Crippen LogP contribution in [0.3, 0.4) is 0 Å². The van der Waals surface area contributed by atoms with Gasteiger partial charge in [0.15, 0.2) is 0 Å². The summed E-state index contributed by atoms with van der Waals surface area (Å²) in [6, 6.07) is 5.92. The Kier molecular flexibility index (Phi) is 4.18. The highest BCUT2D eigenvalue weighted by Crippen LogP contribution is 2.24. The maximum atomic E-state index is 9.34. The van der Waals surface area contributed by atoms with E-state index in [0.29, 0.717) is 13.0 Å². The number of hydrogen-bond acceptors (Lipinski definition) is 3. The van der Waals surface area contributed by atoms with Crippen LogP contribution in [0.5, 0.6) is 0 Å². The zero-order valence-corrected chi connectivity index (χ0v) is 9.40. The molecular weight excluding hydrogens is 187 g/mol. The third-order valence-corrected chi connectivity index (χ3v) is 2.63. The fourth-order valence-corrected chi connectivity index (χ4v) is 1.69. The van der Waals surface area contributed by atoms with E-state index in [-0.39, 0.29) is 11.9 Å².